The second-order valence-electron chi connectivity index (χ2n) is 9.54. The second-order valence-corrected chi connectivity index (χ2v) is 18.8. The Morgan fingerprint density at radius 3 is 0.700 bits per heavy atom. The van der Waals surface area contributed by atoms with Gasteiger partial charge in [-0.3, -0.25) is 0 Å². The van der Waals surface area contributed by atoms with Crippen molar-refractivity contribution in [3.8, 4) is 0 Å². The van der Waals surface area contributed by atoms with E-state index in [-0.39, 0.29) is 0 Å². The third kappa shape index (κ3) is 6.22. The fourth-order valence-corrected chi connectivity index (χ4v) is 4.44. The van der Waals surface area contributed by atoms with Crippen LogP contribution in [0.1, 0.15) is 6.42 Å². The lowest BCUT2D eigenvalue weighted by Crippen LogP contribution is -2.79. The highest BCUT2D eigenvalue weighted by molar-refractivity contribution is 7.64. The summed E-state index contributed by atoms with van der Waals surface area (Å²) in [7, 11) is 0. The minimum absolute atomic E-state index is 1.58. The van der Waals surface area contributed by atoms with Gasteiger partial charge in [0, 0.05) is 6.42 Å². The Hall–Kier alpha value is -1.13. The van der Waals surface area contributed by atoms with E-state index in [9.17, 15) is 123 Å². The zero-order valence-corrected chi connectivity index (χ0v) is 25.2. The maximum atomic E-state index is 13.9. The molecule has 0 aliphatic heterocycles. The van der Waals surface area contributed by atoms with Crippen molar-refractivity contribution in [1.82, 2.24) is 0 Å². The molecular weight excluding hydrogens is 883 g/mol. The molecule has 0 heterocycles. The maximum absolute atomic E-state index is 13.9. The molecule has 0 radical (unpaired) electrons. The van der Waals surface area contributed by atoms with Gasteiger partial charge in [-0.05, 0) is 12.1 Å². The van der Waals surface area contributed by atoms with Crippen LogP contribution >= 0.6 is 33.2 Å². The Bertz CT molecular complexity index is 1250. The first-order valence-electron chi connectivity index (χ1n) is 11.0. The summed E-state index contributed by atoms with van der Waals surface area (Å²) in [4.78, 5) is 0. The van der Waals surface area contributed by atoms with Gasteiger partial charge in [-0.2, -0.15) is 123 Å². The van der Waals surface area contributed by atoms with Crippen molar-refractivity contribution in [3.05, 3.63) is 12.7 Å². The van der Waals surface area contributed by atoms with Crippen LogP contribution in [0.3, 0.4) is 0 Å². The first-order valence-corrected chi connectivity index (χ1v) is 16.3. The van der Waals surface area contributed by atoms with Gasteiger partial charge in [0.05, 0.1) is 0 Å². The fourth-order valence-electron chi connectivity index (χ4n) is 2.99. The monoisotopic (exact) mass is 888 g/mol. The van der Waals surface area contributed by atoms with Crippen molar-refractivity contribution < 1.29 is 123 Å². The van der Waals surface area contributed by atoms with E-state index < -0.39 is 107 Å². The average Bonchev–Trinajstić information content (AvgIpc) is 2.89. The van der Waals surface area contributed by atoms with Crippen LogP contribution in [0.25, 0.3) is 0 Å². The number of hydrogen-bond donors (Lipinski definition) is 0. The van der Waals surface area contributed by atoms with E-state index in [1.54, 1.807) is 6.58 Å². The first kappa shape index (κ1) is 48.9. The fraction of sp³-hybridized carbons (Fsp3) is 0.889. The molecule has 0 rings (SSSR count). The number of rotatable bonds is 17. The molecule has 0 fully saturated rings. The number of hydrogen-bond acceptors (Lipinski definition) is 0. The van der Waals surface area contributed by atoms with Crippen molar-refractivity contribution in [2.24, 2.45) is 0 Å². The molecule has 50 heavy (non-hydrogen) atoms. The average molecular weight is 890 g/mol. The summed E-state index contributed by atoms with van der Waals surface area (Å²) in [6.45, 7) is 1.58. The Morgan fingerprint density at radius 1 is 0.340 bits per heavy atom. The van der Waals surface area contributed by atoms with Crippen LogP contribution < -0.4 is 0 Å². The molecule has 0 aliphatic rings. The highest BCUT2D eigenvalue weighted by Crippen LogP contribution is 2.69. The zero-order valence-electron chi connectivity index (χ0n) is 21.9. The second kappa shape index (κ2) is 12.5. The van der Waals surface area contributed by atoms with Crippen LogP contribution in [-0.2, 0) is 0 Å². The maximum Gasteiger partial charge on any atom is 0.385 e. The van der Waals surface area contributed by atoms with E-state index in [4.69, 9.17) is 33.2 Å². The molecule has 0 unspecified atom stereocenters. The molecule has 0 bridgehead atoms. The van der Waals surface area contributed by atoms with E-state index >= 15 is 0 Å². The third-order valence-corrected chi connectivity index (χ3v) is 8.71. The van der Waals surface area contributed by atoms with E-state index in [1.165, 1.54) is 0 Å². The van der Waals surface area contributed by atoms with Crippen LogP contribution in [0.5, 0.6) is 0 Å². The zero-order chi connectivity index (χ0) is 41.6. The standard InChI is InChI=1S/C18H7Cl3F28Si/c1-2-5(22,23)7(26,27)9(30,31)11(34,35)13(38,39)15(42,43)17(46,47)18(48,49)16(44,45)14(40,41)12(36,37)10(32,33)8(28,29)6(24,25)3-4-50(19,20)21/h2H,1,3-4H2. The normalized spacial score (nSPS) is 16.9. The molecule has 0 N–H and O–H groups in total. The van der Waals surface area contributed by atoms with Gasteiger partial charge >= 0.3 is 88.9 Å². The van der Waals surface area contributed by atoms with E-state index in [2.05, 4.69) is 0 Å². The molecule has 32 heteroatoms. The van der Waals surface area contributed by atoms with Crippen molar-refractivity contribution in [2.45, 2.75) is 95.4 Å². The van der Waals surface area contributed by atoms with Gasteiger partial charge in [0.25, 0.3) is 0 Å². The summed E-state index contributed by atoms with van der Waals surface area (Å²) in [6.07, 6.45) is -4.95. The van der Waals surface area contributed by atoms with Crippen LogP contribution in [0.2, 0.25) is 6.04 Å². The minimum atomic E-state index is -9.88. The number of allylic oxidation sites excluding steroid dienone is 1. The summed E-state index contributed by atoms with van der Waals surface area (Å²) in [5, 5.41) is 0. The van der Waals surface area contributed by atoms with E-state index in [0.717, 1.165) is 0 Å². The number of alkyl halides is 28. The van der Waals surface area contributed by atoms with Crippen LogP contribution in [0.15, 0.2) is 12.7 Å². The molecule has 0 atom stereocenters. The largest absolute Gasteiger partial charge is 0.385 e. The Balaban J connectivity index is 7.52. The van der Waals surface area contributed by atoms with Gasteiger partial charge in [-0.25, -0.2) is 0 Å². The van der Waals surface area contributed by atoms with Crippen molar-refractivity contribution >= 4 is 39.2 Å². The summed E-state index contributed by atoms with van der Waals surface area (Å²) in [5.41, 5.74) is 0. The van der Waals surface area contributed by atoms with Gasteiger partial charge in [-0.15, -0.1) is 33.2 Å². The summed E-state index contributed by atoms with van der Waals surface area (Å²) < 4.78 is 384. The summed E-state index contributed by atoms with van der Waals surface area (Å²) in [5.74, 6) is -126. The van der Waals surface area contributed by atoms with Crippen molar-refractivity contribution in [2.75, 3.05) is 0 Å². The molecule has 0 nitrogen and oxygen atoms in total. The van der Waals surface area contributed by atoms with Gasteiger partial charge in [-0.1, -0.05) is 6.58 Å². The van der Waals surface area contributed by atoms with Gasteiger partial charge in [0.15, 0.2) is 0 Å². The molecule has 0 aromatic carbocycles. The predicted octanol–water partition coefficient (Wildman–Crippen LogP) is 12.1. The Labute approximate surface area is 270 Å². The third-order valence-electron chi connectivity index (χ3n) is 6.19. The summed E-state index contributed by atoms with van der Waals surface area (Å²) in [6, 6.07) is -6.78. The molecule has 0 saturated carbocycles. The molecule has 0 aliphatic carbocycles. The van der Waals surface area contributed by atoms with Crippen LogP contribution in [0, 0.1) is 0 Å². The first-order chi connectivity index (χ1) is 21.0. The SMILES string of the molecule is C=CC(F)(F)C(F)(F)C(F)(F)C(F)(F)C(F)(F)C(F)(F)C(F)(F)C(F)(F)C(F)(F)C(F)(F)C(F)(F)C(F)(F)C(F)(F)C(F)(F)CC[Si](Cl)(Cl)Cl. The van der Waals surface area contributed by atoms with Crippen molar-refractivity contribution in [1.29, 1.82) is 0 Å². The molecule has 0 aromatic rings. The minimum Gasteiger partial charge on any atom is -0.200 e. The van der Waals surface area contributed by atoms with E-state index in [0.29, 0.717) is 0 Å². The summed E-state index contributed by atoms with van der Waals surface area (Å²) >= 11 is 14.7. The van der Waals surface area contributed by atoms with Crippen LogP contribution in [0.4, 0.5) is 123 Å². The lowest BCUT2D eigenvalue weighted by Gasteiger charge is -2.46. The molecule has 300 valence electrons. The predicted molar refractivity (Wildman–Crippen MR) is 112 cm³/mol. The lowest BCUT2D eigenvalue weighted by atomic mass is 9.83. The van der Waals surface area contributed by atoms with Crippen LogP contribution in [-0.4, -0.2) is 88.9 Å². The molecule has 0 saturated heterocycles. The molecule has 0 aromatic heterocycles. The smallest absolute Gasteiger partial charge is 0.200 e. The Kier molecular flexibility index (Phi) is 12.2. The molecule has 0 spiro atoms. The highest BCUT2D eigenvalue weighted by atomic mass is 35.8. The van der Waals surface area contributed by atoms with Crippen molar-refractivity contribution in [3.63, 3.8) is 0 Å². The van der Waals surface area contributed by atoms with E-state index in [1.807, 2.05) is 0 Å². The van der Waals surface area contributed by atoms with Gasteiger partial charge in [0.1, 0.15) is 0 Å². The number of halogens is 31. The topological polar surface area (TPSA) is 0 Å². The Morgan fingerprint density at radius 2 is 0.520 bits per heavy atom. The van der Waals surface area contributed by atoms with Gasteiger partial charge in [0.2, 0.25) is 0 Å². The lowest BCUT2D eigenvalue weighted by molar-refractivity contribution is -0.484. The van der Waals surface area contributed by atoms with Gasteiger partial charge < -0.3 is 0 Å². The quantitative estimate of drug-likeness (QED) is 0.0591. The molecular formula is C18H7Cl3F28Si. The highest BCUT2D eigenvalue weighted by Gasteiger charge is 3.00. The molecule has 0 amide bonds.